The van der Waals surface area contributed by atoms with Crippen molar-refractivity contribution in [2.75, 3.05) is 0 Å². The lowest BCUT2D eigenvalue weighted by atomic mass is 10.0. The Morgan fingerprint density at radius 1 is 0.933 bits per heavy atom. The van der Waals surface area contributed by atoms with E-state index in [4.69, 9.17) is 5.26 Å². The number of hydrogen-bond acceptors (Lipinski definition) is 3. The Bertz CT molecular complexity index is 1280. The van der Waals surface area contributed by atoms with Gasteiger partial charge in [-0.3, -0.25) is 14.7 Å². The van der Waals surface area contributed by atoms with Gasteiger partial charge in [-0.25, -0.2) is 35.4 Å². The van der Waals surface area contributed by atoms with Crippen LogP contribution in [0.1, 0.15) is 27.2 Å². The number of H-pyrrole nitrogens is 1. The van der Waals surface area contributed by atoms with E-state index in [2.05, 4.69) is 0 Å². The number of benzene rings is 2. The first-order chi connectivity index (χ1) is 14.0. The number of aromatic nitrogens is 2. The van der Waals surface area contributed by atoms with E-state index in [0.29, 0.717) is 12.1 Å². The van der Waals surface area contributed by atoms with Gasteiger partial charge in [-0.15, -0.1) is 0 Å². The minimum Gasteiger partial charge on any atom is -0.294 e. The first-order valence-electron chi connectivity index (χ1n) is 7.78. The number of nitrogens with one attached hydrogen (secondary N) is 1. The van der Waals surface area contributed by atoms with Gasteiger partial charge in [-0.1, -0.05) is 0 Å². The average Bonchev–Trinajstić information content (AvgIpc) is 2.98. The molecule has 12 heteroatoms. The molecule has 0 aliphatic carbocycles. The normalized spacial score (nSPS) is 10.9. The van der Waals surface area contributed by atoms with Crippen LogP contribution in [0.2, 0.25) is 0 Å². The van der Waals surface area contributed by atoms with Crippen molar-refractivity contribution in [3.8, 4) is 11.8 Å². The quantitative estimate of drug-likeness (QED) is 0.299. The van der Waals surface area contributed by atoms with E-state index < -0.39 is 74.4 Å². The van der Waals surface area contributed by atoms with Crippen LogP contribution in [0.15, 0.2) is 16.9 Å². The molecule has 1 N–H and O–H groups in total. The van der Waals surface area contributed by atoms with E-state index in [1.54, 1.807) is 0 Å². The second-order valence-electron chi connectivity index (χ2n) is 5.93. The van der Waals surface area contributed by atoms with Crippen LogP contribution >= 0.6 is 0 Å². The van der Waals surface area contributed by atoms with Gasteiger partial charge in [0.15, 0.2) is 23.3 Å². The zero-order valence-corrected chi connectivity index (χ0v) is 14.5. The smallest absolute Gasteiger partial charge is 0.282 e. The third kappa shape index (κ3) is 2.95. The van der Waals surface area contributed by atoms with Gasteiger partial charge in [0.1, 0.15) is 34.5 Å². The molecule has 1 aromatic heterocycles. The lowest BCUT2D eigenvalue weighted by Gasteiger charge is -2.08. The fourth-order valence-corrected chi connectivity index (χ4v) is 2.72. The molecule has 3 aromatic rings. The van der Waals surface area contributed by atoms with Crippen molar-refractivity contribution < 1.29 is 35.5 Å². The SMILES string of the molecule is Cc1[nH]n(-c2c(F)c(F)c(F)c(F)c2F)c(=O)c1C(=O)c1cc(F)c(C#N)c(F)c1. The van der Waals surface area contributed by atoms with Crippen molar-refractivity contribution in [2.45, 2.75) is 6.92 Å². The van der Waals surface area contributed by atoms with E-state index >= 15 is 0 Å². The monoisotopic (exact) mass is 429 g/mol. The highest BCUT2D eigenvalue weighted by Crippen LogP contribution is 2.26. The minimum absolute atomic E-state index is 0.0881. The van der Waals surface area contributed by atoms with Crippen LogP contribution in [-0.4, -0.2) is 15.6 Å². The number of aromatic amines is 1. The second kappa shape index (κ2) is 7.18. The lowest BCUT2D eigenvalue weighted by molar-refractivity contribution is 0.103. The van der Waals surface area contributed by atoms with Crippen molar-refractivity contribution in [1.29, 1.82) is 5.26 Å². The third-order valence-corrected chi connectivity index (χ3v) is 4.12. The van der Waals surface area contributed by atoms with Crippen LogP contribution in [0.4, 0.5) is 30.7 Å². The van der Waals surface area contributed by atoms with E-state index in [1.807, 2.05) is 5.10 Å². The van der Waals surface area contributed by atoms with Crippen molar-refractivity contribution in [2.24, 2.45) is 0 Å². The lowest BCUT2D eigenvalue weighted by Crippen LogP contribution is -2.24. The first kappa shape index (κ1) is 20.8. The Balaban J connectivity index is 2.24. The van der Waals surface area contributed by atoms with Crippen molar-refractivity contribution >= 4 is 5.78 Å². The maximum Gasteiger partial charge on any atom is 0.282 e. The molecule has 0 aliphatic rings. The standard InChI is InChI=1S/C18H6F7N3O2/c1-5-10(17(29)6-2-8(19)7(4-26)9(20)3-6)18(30)28(27-5)16-14(24)12(22)11(21)13(23)15(16)25/h2-3,27H,1H3. The van der Waals surface area contributed by atoms with Crippen LogP contribution in [0.5, 0.6) is 0 Å². The molecule has 154 valence electrons. The Morgan fingerprint density at radius 2 is 1.40 bits per heavy atom. The van der Waals surface area contributed by atoms with Gasteiger partial charge in [-0.05, 0) is 19.1 Å². The third-order valence-electron chi connectivity index (χ3n) is 4.12. The number of nitriles is 1. The predicted molar refractivity (Wildman–Crippen MR) is 85.4 cm³/mol. The molecule has 5 nitrogen and oxygen atoms in total. The minimum atomic E-state index is -2.45. The molecule has 2 aromatic carbocycles. The summed E-state index contributed by atoms with van der Waals surface area (Å²) in [5.74, 6) is -15.9. The number of rotatable bonds is 3. The Labute approximate surface area is 161 Å². The Morgan fingerprint density at radius 3 is 1.87 bits per heavy atom. The summed E-state index contributed by atoms with van der Waals surface area (Å²) in [5.41, 5.74) is -6.19. The topological polar surface area (TPSA) is 78.7 Å². The van der Waals surface area contributed by atoms with Gasteiger partial charge < -0.3 is 0 Å². The predicted octanol–water partition coefficient (Wildman–Crippen LogP) is 3.55. The summed E-state index contributed by atoms with van der Waals surface area (Å²) in [6, 6.07) is 2.14. The first-order valence-corrected chi connectivity index (χ1v) is 7.78. The fourth-order valence-electron chi connectivity index (χ4n) is 2.72. The largest absolute Gasteiger partial charge is 0.294 e. The van der Waals surface area contributed by atoms with E-state index in [9.17, 15) is 40.3 Å². The van der Waals surface area contributed by atoms with Crippen LogP contribution in [0.25, 0.3) is 5.69 Å². The van der Waals surface area contributed by atoms with Crippen molar-refractivity contribution in [1.82, 2.24) is 9.78 Å². The molecule has 0 atom stereocenters. The van der Waals surface area contributed by atoms with Gasteiger partial charge in [0.25, 0.3) is 5.56 Å². The summed E-state index contributed by atoms with van der Waals surface area (Å²) < 4.78 is 95.6. The second-order valence-corrected chi connectivity index (χ2v) is 5.93. The van der Waals surface area contributed by atoms with Gasteiger partial charge in [0, 0.05) is 11.3 Å². The summed E-state index contributed by atoms with van der Waals surface area (Å²) in [5, 5.41) is 10.6. The summed E-state index contributed by atoms with van der Waals surface area (Å²) in [7, 11) is 0. The number of aryl methyl sites for hydroxylation is 1. The molecule has 0 bridgehead atoms. The maximum absolute atomic E-state index is 14.0. The molecule has 0 spiro atoms. The number of nitrogens with zero attached hydrogens (tertiary/aromatic N) is 2. The molecular weight excluding hydrogens is 423 g/mol. The molecule has 30 heavy (non-hydrogen) atoms. The van der Waals surface area contributed by atoms with Gasteiger partial charge in [0.2, 0.25) is 11.6 Å². The molecule has 1 heterocycles. The van der Waals surface area contributed by atoms with Gasteiger partial charge in [-0.2, -0.15) is 5.26 Å². The van der Waals surface area contributed by atoms with E-state index in [0.717, 1.165) is 6.92 Å². The molecule has 3 rings (SSSR count). The average molecular weight is 429 g/mol. The molecule has 0 saturated carbocycles. The highest BCUT2D eigenvalue weighted by Gasteiger charge is 2.30. The van der Waals surface area contributed by atoms with Gasteiger partial charge >= 0.3 is 0 Å². The number of ketones is 1. The van der Waals surface area contributed by atoms with E-state index in [1.165, 1.54) is 6.07 Å². The molecule has 0 aliphatic heterocycles. The van der Waals surface area contributed by atoms with E-state index in [-0.39, 0.29) is 10.4 Å². The fraction of sp³-hybridized carbons (Fsp3) is 0.0556. The summed E-state index contributed by atoms with van der Waals surface area (Å²) in [4.78, 5) is 25.1. The van der Waals surface area contributed by atoms with Crippen LogP contribution in [0.3, 0.4) is 0 Å². The number of hydrogen-bond donors (Lipinski definition) is 1. The Kier molecular flexibility index (Phi) is 4.99. The zero-order chi connectivity index (χ0) is 22.5. The molecule has 0 fully saturated rings. The van der Waals surface area contributed by atoms with Crippen molar-refractivity contribution in [3.05, 3.63) is 85.6 Å². The summed E-state index contributed by atoms with van der Waals surface area (Å²) in [6.07, 6.45) is 0. The molecular formula is C18H6F7N3O2. The summed E-state index contributed by atoms with van der Waals surface area (Å²) in [6.45, 7) is 1.05. The molecule has 0 radical (unpaired) electrons. The maximum atomic E-state index is 14.0. The summed E-state index contributed by atoms with van der Waals surface area (Å²) >= 11 is 0. The van der Waals surface area contributed by atoms with Crippen LogP contribution < -0.4 is 5.56 Å². The highest BCUT2D eigenvalue weighted by molar-refractivity contribution is 6.09. The van der Waals surface area contributed by atoms with Crippen molar-refractivity contribution in [3.63, 3.8) is 0 Å². The highest BCUT2D eigenvalue weighted by atomic mass is 19.2. The van der Waals surface area contributed by atoms with Crippen LogP contribution in [0, 0.1) is 59.0 Å². The Hall–Kier alpha value is -3.88. The number of halogens is 7. The molecule has 0 amide bonds. The number of carbonyl (C=O) groups excluding carboxylic acids is 1. The molecule has 0 unspecified atom stereocenters. The molecule has 0 saturated heterocycles. The van der Waals surface area contributed by atoms with Gasteiger partial charge in [0.05, 0.1) is 0 Å². The zero-order valence-electron chi connectivity index (χ0n) is 14.5. The number of carbonyl (C=O) groups is 1. The van der Waals surface area contributed by atoms with Crippen LogP contribution in [-0.2, 0) is 0 Å².